The molecule has 1 aliphatic carbocycles. The van der Waals surface area contributed by atoms with Crippen molar-refractivity contribution in [2.75, 3.05) is 13.1 Å². The standard InChI is InChI=1S/C31H32N6O/c32-31(14-4-15-31)23-9-7-22(8-10-23)29-25(21-5-2-1-3-6-21)19-26-27(33-29)13-18-37-28(34-35-30(26)37)20-36-16-11-24(38)12-17-36/h1-3,5-10,13,18-19,24,38H,4,11-12,14-17,20,32H2. The number of likely N-dealkylation sites (tertiary alicyclic amines) is 1. The van der Waals surface area contributed by atoms with E-state index >= 15 is 0 Å². The highest BCUT2D eigenvalue weighted by atomic mass is 16.3. The van der Waals surface area contributed by atoms with Gasteiger partial charge in [-0.15, -0.1) is 10.2 Å². The Morgan fingerprint density at radius 1 is 0.921 bits per heavy atom. The summed E-state index contributed by atoms with van der Waals surface area (Å²) in [6, 6.07) is 23.3. The predicted octanol–water partition coefficient (Wildman–Crippen LogP) is 4.91. The molecular formula is C31H32N6O. The first-order valence-corrected chi connectivity index (χ1v) is 13.6. The van der Waals surface area contributed by atoms with Gasteiger partial charge in [-0.05, 0) is 55.4 Å². The third-order valence-electron chi connectivity index (χ3n) is 8.43. The Morgan fingerprint density at radius 3 is 2.39 bits per heavy atom. The van der Waals surface area contributed by atoms with Gasteiger partial charge in [0.15, 0.2) is 11.5 Å². The van der Waals surface area contributed by atoms with Crippen LogP contribution in [0.3, 0.4) is 0 Å². The van der Waals surface area contributed by atoms with Crippen LogP contribution in [0.1, 0.15) is 43.5 Å². The highest BCUT2D eigenvalue weighted by Crippen LogP contribution is 2.40. The lowest BCUT2D eigenvalue weighted by Crippen LogP contribution is -2.43. The molecule has 0 radical (unpaired) electrons. The summed E-state index contributed by atoms with van der Waals surface area (Å²) in [6.07, 6.45) is 6.75. The first kappa shape index (κ1) is 23.5. The second-order valence-electron chi connectivity index (χ2n) is 10.9. The van der Waals surface area contributed by atoms with Crippen LogP contribution in [0.4, 0.5) is 0 Å². The SMILES string of the molecule is NC1(c2ccc(-c3nc4ccn5c(CN6CCC(O)CC6)nnc5c4cc3-c3ccccc3)cc2)CCC1. The molecule has 0 unspecified atom stereocenters. The van der Waals surface area contributed by atoms with Gasteiger partial charge in [-0.25, -0.2) is 4.98 Å². The molecule has 3 N–H and O–H groups in total. The average molecular weight is 505 g/mol. The molecular weight excluding hydrogens is 472 g/mol. The van der Waals surface area contributed by atoms with Gasteiger partial charge in [0.05, 0.1) is 23.9 Å². The molecule has 0 spiro atoms. The first-order chi connectivity index (χ1) is 18.6. The average Bonchev–Trinajstić information content (AvgIpc) is 3.36. The molecule has 192 valence electrons. The van der Waals surface area contributed by atoms with Crippen molar-refractivity contribution in [1.82, 2.24) is 24.5 Å². The maximum Gasteiger partial charge on any atom is 0.170 e. The van der Waals surface area contributed by atoms with E-state index in [-0.39, 0.29) is 11.6 Å². The monoisotopic (exact) mass is 504 g/mol. The van der Waals surface area contributed by atoms with Gasteiger partial charge in [0.2, 0.25) is 0 Å². The lowest BCUT2D eigenvalue weighted by atomic mass is 9.72. The summed E-state index contributed by atoms with van der Waals surface area (Å²) < 4.78 is 2.08. The minimum Gasteiger partial charge on any atom is -0.393 e. The van der Waals surface area contributed by atoms with Crippen molar-refractivity contribution in [3.05, 3.63) is 84.3 Å². The largest absolute Gasteiger partial charge is 0.393 e. The summed E-state index contributed by atoms with van der Waals surface area (Å²) >= 11 is 0. The molecule has 2 fully saturated rings. The number of piperidine rings is 1. The molecule has 7 nitrogen and oxygen atoms in total. The quantitative estimate of drug-likeness (QED) is 0.354. The molecule has 0 bridgehead atoms. The normalized spacial score (nSPS) is 18.2. The number of hydrogen-bond acceptors (Lipinski definition) is 6. The van der Waals surface area contributed by atoms with Crippen LogP contribution in [0.15, 0.2) is 72.9 Å². The number of pyridine rings is 2. The van der Waals surface area contributed by atoms with Gasteiger partial charge < -0.3 is 10.8 Å². The Balaban J connectivity index is 1.32. The van der Waals surface area contributed by atoms with E-state index < -0.39 is 0 Å². The van der Waals surface area contributed by atoms with Crippen molar-refractivity contribution in [3.8, 4) is 22.4 Å². The summed E-state index contributed by atoms with van der Waals surface area (Å²) in [4.78, 5) is 7.52. The zero-order valence-electron chi connectivity index (χ0n) is 21.4. The van der Waals surface area contributed by atoms with Gasteiger partial charge in [0.1, 0.15) is 0 Å². The molecule has 1 aliphatic heterocycles. The smallest absolute Gasteiger partial charge is 0.170 e. The molecule has 7 rings (SSSR count). The predicted molar refractivity (Wildman–Crippen MR) is 149 cm³/mol. The maximum atomic E-state index is 9.86. The molecule has 5 aromatic rings. The van der Waals surface area contributed by atoms with E-state index in [4.69, 9.17) is 10.7 Å². The third-order valence-corrected chi connectivity index (χ3v) is 8.43. The maximum absolute atomic E-state index is 9.86. The van der Waals surface area contributed by atoms with Crippen LogP contribution in [0.5, 0.6) is 0 Å². The number of nitrogens with zero attached hydrogens (tertiary/aromatic N) is 5. The van der Waals surface area contributed by atoms with Crippen molar-refractivity contribution in [3.63, 3.8) is 0 Å². The van der Waals surface area contributed by atoms with E-state index in [0.717, 1.165) is 83.5 Å². The van der Waals surface area contributed by atoms with Crippen LogP contribution in [-0.2, 0) is 12.1 Å². The van der Waals surface area contributed by atoms with Crippen LogP contribution in [0, 0.1) is 0 Å². The van der Waals surface area contributed by atoms with Crippen LogP contribution in [0.2, 0.25) is 0 Å². The van der Waals surface area contributed by atoms with E-state index in [1.165, 1.54) is 12.0 Å². The molecule has 1 saturated heterocycles. The summed E-state index contributed by atoms with van der Waals surface area (Å²) in [5.41, 5.74) is 13.5. The zero-order valence-corrected chi connectivity index (χ0v) is 21.4. The summed E-state index contributed by atoms with van der Waals surface area (Å²) in [7, 11) is 0. The van der Waals surface area contributed by atoms with E-state index in [1.807, 2.05) is 12.3 Å². The van der Waals surface area contributed by atoms with E-state index in [9.17, 15) is 5.11 Å². The number of aliphatic hydroxyl groups excluding tert-OH is 1. The van der Waals surface area contributed by atoms with Gasteiger partial charge in [0, 0.05) is 41.3 Å². The van der Waals surface area contributed by atoms with Crippen molar-refractivity contribution in [2.45, 2.75) is 50.3 Å². The molecule has 0 amide bonds. The van der Waals surface area contributed by atoms with E-state index in [1.54, 1.807) is 0 Å². The molecule has 0 atom stereocenters. The van der Waals surface area contributed by atoms with Crippen LogP contribution >= 0.6 is 0 Å². The number of aromatic nitrogens is 4. The van der Waals surface area contributed by atoms with Crippen molar-refractivity contribution in [2.24, 2.45) is 5.73 Å². The fraction of sp³-hybridized carbons (Fsp3) is 0.323. The van der Waals surface area contributed by atoms with Crippen LogP contribution < -0.4 is 5.73 Å². The first-order valence-electron chi connectivity index (χ1n) is 13.6. The minimum atomic E-state index is -0.187. The third kappa shape index (κ3) is 4.07. The van der Waals surface area contributed by atoms with Crippen molar-refractivity contribution < 1.29 is 5.11 Å². The van der Waals surface area contributed by atoms with Gasteiger partial charge in [-0.1, -0.05) is 54.6 Å². The Hall–Kier alpha value is -3.65. The Bertz CT molecular complexity index is 1600. The number of nitrogens with two attached hydrogens (primary N) is 1. The molecule has 2 aromatic carbocycles. The lowest BCUT2D eigenvalue weighted by Gasteiger charge is -2.38. The number of rotatable bonds is 5. The summed E-state index contributed by atoms with van der Waals surface area (Å²) in [5, 5.41) is 20.0. The molecule has 4 heterocycles. The lowest BCUT2D eigenvalue weighted by molar-refractivity contribution is 0.0779. The van der Waals surface area contributed by atoms with Crippen LogP contribution in [0.25, 0.3) is 38.9 Å². The number of hydrogen-bond donors (Lipinski definition) is 2. The van der Waals surface area contributed by atoms with Gasteiger partial charge in [-0.2, -0.15) is 0 Å². The number of fused-ring (bicyclic) bond motifs is 3. The van der Waals surface area contributed by atoms with Gasteiger partial charge >= 0.3 is 0 Å². The minimum absolute atomic E-state index is 0.178. The van der Waals surface area contributed by atoms with Crippen LogP contribution in [-0.4, -0.2) is 48.8 Å². The Kier molecular flexibility index (Phi) is 5.73. The molecule has 7 heteroatoms. The van der Waals surface area contributed by atoms with Crippen molar-refractivity contribution >= 4 is 16.6 Å². The summed E-state index contributed by atoms with van der Waals surface area (Å²) in [5.74, 6) is 0.908. The Labute approximate surface area is 222 Å². The highest BCUT2D eigenvalue weighted by molar-refractivity contribution is 5.98. The van der Waals surface area contributed by atoms with Gasteiger partial charge in [-0.3, -0.25) is 9.30 Å². The number of aliphatic hydroxyl groups is 1. The highest BCUT2D eigenvalue weighted by Gasteiger charge is 2.34. The van der Waals surface area contributed by atoms with Gasteiger partial charge in [0.25, 0.3) is 0 Å². The van der Waals surface area contributed by atoms with E-state index in [0.29, 0.717) is 6.54 Å². The molecule has 1 saturated carbocycles. The second-order valence-corrected chi connectivity index (χ2v) is 10.9. The molecule has 38 heavy (non-hydrogen) atoms. The Morgan fingerprint density at radius 2 is 1.68 bits per heavy atom. The fourth-order valence-electron chi connectivity index (χ4n) is 5.89. The topological polar surface area (TPSA) is 92.6 Å². The fourth-order valence-corrected chi connectivity index (χ4v) is 5.89. The number of benzene rings is 2. The molecule has 2 aliphatic rings. The second kappa shape index (κ2) is 9.27. The molecule has 3 aromatic heterocycles. The summed E-state index contributed by atoms with van der Waals surface area (Å²) in [6.45, 7) is 2.46. The zero-order chi connectivity index (χ0) is 25.7. The van der Waals surface area contributed by atoms with E-state index in [2.05, 4.69) is 80.2 Å². The van der Waals surface area contributed by atoms with Crippen molar-refractivity contribution in [1.29, 1.82) is 0 Å².